The number of rotatable bonds is 6. The number of sulfonamides is 1. The number of hydrogen-bond acceptors (Lipinski definition) is 4. The van der Waals surface area contributed by atoms with Crippen molar-refractivity contribution in [2.24, 2.45) is 5.92 Å². The van der Waals surface area contributed by atoms with Gasteiger partial charge in [-0.1, -0.05) is 35.8 Å². The van der Waals surface area contributed by atoms with Gasteiger partial charge < -0.3 is 5.32 Å². The highest BCUT2D eigenvalue weighted by Gasteiger charge is 2.17. The monoisotopic (exact) mass is 436 g/mol. The van der Waals surface area contributed by atoms with Crippen molar-refractivity contribution >= 4 is 48.2 Å². The summed E-state index contributed by atoms with van der Waals surface area (Å²) >= 11 is 3.31. The number of aromatic amines is 1. The lowest BCUT2D eigenvalue weighted by Crippen LogP contribution is -2.14. The lowest BCUT2D eigenvalue weighted by molar-refractivity contribution is 0.601. The molecule has 0 saturated heterocycles. The molecule has 26 heavy (non-hydrogen) atoms. The number of H-pyrrole nitrogens is 1. The Morgan fingerprint density at radius 2 is 2.00 bits per heavy atom. The minimum absolute atomic E-state index is 0.201. The maximum atomic E-state index is 12.7. The van der Waals surface area contributed by atoms with Crippen molar-refractivity contribution in [2.45, 2.75) is 25.7 Å². The Morgan fingerprint density at radius 3 is 2.69 bits per heavy atom. The lowest BCUT2D eigenvalue weighted by atomic mass is 10.1. The predicted molar refractivity (Wildman–Crippen MR) is 109 cm³/mol. The van der Waals surface area contributed by atoms with Crippen molar-refractivity contribution in [1.29, 1.82) is 0 Å². The molecule has 6 nitrogen and oxygen atoms in total. The summed E-state index contributed by atoms with van der Waals surface area (Å²) in [5.74, 6) is 0.451. The molecule has 1 aromatic heterocycles. The fourth-order valence-electron chi connectivity index (χ4n) is 2.60. The molecular formula is C18H21BrN4O2S. The van der Waals surface area contributed by atoms with E-state index in [-0.39, 0.29) is 4.90 Å². The summed E-state index contributed by atoms with van der Waals surface area (Å²) in [7, 11) is -3.69. The number of anilines is 2. The Balaban J connectivity index is 2.00. The van der Waals surface area contributed by atoms with E-state index in [0.29, 0.717) is 16.1 Å². The van der Waals surface area contributed by atoms with Gasteiger partial charge in [0.1, 0.15) is 5.52 Å². The van der Waals surface area contributed by atoms with Crippen LogP contribution in [0.15, 0.2) is 45.8 Å². The average molecular weight is 437 g/mol. The first-order valence-corrected chi connectivity index (χ1v) is 10.5. The molecule has 8 heteroatoms. The van der Waals surface area contributed by atoms with Crippen LogP contribution < -0.4 is 10.0 Å². The first-order chi connectivity index (χ1) is 12.3. The van der Waals surface area contributed by atoms with Crippen molar-refractivity contribution < 1.29 is 8.42 Å². The number of fused-ring (bicyclic) bond motifs is 1. The van der Waals surface area contributed by atoms with E-state index in [1.807, 2.05) is 6.92 Å². The number of nitrogens with zero attached hydrogens (tertiary/aromatic N) is 1. The molecule has 3 rings (SSSR count). The topological polar surface area (TPSA) is 86.9 Å². The Labute approximate surface area is 161 Å². The fourth-order valence-corrected chi connectivity index (χ4v) is 4.23. The Hall–Kier alpha value is -2.06. The minimum Gasteiger partial charge on any atom is -0.383 e. The smallest absolute Gasteiger partial charge is 0.261 e. The number of benzene rings is 2. The van der Waals surface area contributed by atoms with Gasteiger partial charge in [0.15, 0.2) is 0 Å². The Bertz CT molecular complexity index is 1040. The zero-order valence-electron chi connectivity index (χ0n) is 14.8. The van der Waals surface area contributed by atoms with E-state index in [4.69, 9.17) is 0 Å². The molecular weight excluding hydrogens is 416 g/mol. The molecule has 0 amide bonds. The minimum atomic E-state index is -3.69. The summed E-state index contributed by atoms with van der Waals surface area (Å²) in [4.78, 5) is 0.201. The second kappa shape index (κ2) is 7.28. The van der Waals surface area contributed by atoms with E-state index >= 15 is 0 Å². The summed E-state index contributed by atoms with van der Waals surface area (Å²) in [5.41, 5.74) is 2.98. The van der Waals surface area contributed by atoms with Gasteiger partial charge >= 0.3 is 0 Å². The van der Waals surface area contributed by atoms with E-state index in [0.717, 1.165) is 28.8 Å². The molecule has 0 unspecified atom stereocenters. The molecule has 3 N–H and O–H groups in total. The Kier molecular flexibility index (Phi) is 5.24. The lowest BCUT2D eigenvalue weighted by Gasteiger charge is -2.13. The second-order valence-corrected chi connectivity index (χ2v) is 9.20. The third kappa shape index (κ3) is 4.02. The Morgan fingerprint density at radius 1 is 1.23 bits per heavy atom. The highest BCUT2D eigenvalue weighted by molar-refractivity contribution is 9.10. The molecule has 0 atom stereocenters. The largest absolute Gasteiger partial charge is 0.383 e. The van der Waals surface area contributed by atoms with Gasteiger partial charge in [-0.3, -0.25) is 9.82 Å². The van der Waals surface area contributed by atoms with Gasteiger partial charge in [-0.05, 0) is 43.2 Å². The summed E-state index contributed by atoms with van der Waals surface area (Å²) in [6, 6.07) is 10.2. The fraction of sp³-hybridized carbons (Fsp3) is 0.278. The van der Waals surface area contributed by atoms with E-state index in [9.17, 15) is 8.42 Å². The van der Waals surface area contributed by atoms with Crippen molar-refractivity contribution in [3.05, 3.63) is 46.6 Å². The van der Waals surface area contributed by atoms with Gasteiger partial charge in [-0.25, -0.2) is 8.42 Å². The van der Waals surface area contributed by atoms with E-state index in [1.54, 1.807) is 36.4 Å². The first kappa shape index (κ1) is 18.7. The molecule has 0 radical (unpaired) electrons. The van der Waals surface area contributed by atoms with Crippen LogP contribution in [0.5, 0.6) is 0 Å². The maximum Gasteiger partial charge on any atom is 0.261 e. The van der Waals surface area contributed by atoms with Crippen LogP contribution in [0, 0.1) is 12.8 Å². The van der Waals surface area contributed by atoms with Crippen LogP contribution in [0.4, 0.5) is 11.4 Å². The number of aromatic nitrogens is 2. The second-order valence-electron chi connectivity index (χ2n) is 6.61. The van der Waals surface area contributed by atoms with Crippen LogP contribution in [0.1, 0.15) is 19.5 Å². The molecule has 0 aliphatic carbocycles. The zero-order chi connectivity index (χ0) is 18.9. The maximum absolute atomic E-state index is 12.7. The standard InChI is InChI=1S/C18H21BrN4O2S/c1-11(2)10-20-17-9-14(8-16-12(3)21-22-18(16)17)23-26(24,25)15-6-4-5-13(19)7-15/h4-9,11,20,23H,10H2,1-3H3,(H,21,22). The normalized spacial score (nSPS) is 11.9. The number of halogens is 1. The third-order valence-electron chi connectivity index (χ3n) is 3.91. The van der Waals surface area contributed by atoms with Crippen molar-refractivity contribution in [3.63, 3.8) is 0 Å². The molecule has 138 valence electrons. The van der Waals surface area contributed by atoms with Crippen LogP contribution in [0.3, 0.4) is 0 Å². The third-order valence-corrected chi connectivity index (χ3v) is 5.78. The summed E-state index contributed by atoms with van der Waals surface area (Å²) in [6.07, 6.45) is 0. The zero-order valence-corrected chi connectivity index (χ0v) is 17.2. The van der Waals surface area contributed by atoms with Crippen molar-refractivity contribution in [1.82, 2.24) is 10.2 Å². The van der Waals surface area contributed by atoms with Gasteiger partial charge in [0.05, 0.1) is 16.3 Å². The van der Waals surface area contributed by atoms with Gasteiger partial charge in [-0.15, -0.1) is 0 Å². The summed E-state index contributed by atoms with van der Waals surface area (Å²) in [6.45, 7) is 6.90. The highest BCUT2D eigenvalue weighted by atomic mass is 79.9. The van der Waals surface area contributed by atoms with Crippen LogP contribution in [0.2, 0.25) is 0 Å². The van der Waals surface area contributed by atoms with Gasteiger partial charge in [0.2, 0.25) is 0 Å². The highest BCUT2D eigenvalue weighted by Crippen LogP contribution is 2.30. The molecule has 2 aromatic carbocycles. The number of aryl methyl sites for hydroxylation is 1. The molecule has 0 fully saturated rings. The molecule has 0 saturated carbocycles. The number of nitrogens with one attached hydrogen (secondary N) is 3. The van der Waals surface area contributed by atoms with Crippen LogP contribution in [0.25, 0.3) is 10.9 Å². The van der Waals surface area contributed by atoms with Gasteiger partial charge in [0.25, 0.3) is 10.0 Å². The predicted octanol–water partition coefficient (Wildman–Crippen LogP) is 4.50. The molecule has 0 spiro atoms. The van der Waals surface area contributed by atoms with Gasteiger partial charge in [-0.2, -0.15) is 5.10 Å². The quantitative estimate of drug-likeness (QED) is 0.530. The van der Waals surface area contributed by atoms with Crippen LogP contribution in [-0.2, 0) is 10.0 Å². The van der Waals surface area contributed by atoms with Crippen LogP contribution in [-0.4, -0.2) is 25.2 Å². The van der Waals surface area contributed by atoms with Crippen molar-refractivity contribution in [3.8, 4) is 0 Å². The van der Waals surface area contributed by atoms with E-state index in [1.165, 1.54) is 0 Å². The SMILES string of the molecule is Cc1[nH]nc2c(NCC(C)C)cc(NS(=O)(=O)c3cccc(Br)c3)cc12. The molecule has 0 aliphatic heterocycles. The summed E-state index contributed by atoms with van der Waals surface area (Å²) < 4.78 is 28.8. The van der Waals surface area contributed by atoms with Crippen molar-refractivity contribution in [2.75, 3.05) is 16.6 Å². The molecule has 1 heterocycles. The van der Waals surface area contributed by atoms with Gasteiger partial charge in [0, 0.05) is 22.1 Å². The van der Waals surface area contributed by atoms with E-state index in [2.05, 4.69) is 50.0 Å². The summed E-state index contributed by atoms with van der Waals surface area (Å²) in [5, 5.41) is 11.5. The average Bonchev–Trinajstić information content (AvgIpc) is 2.94. The van der Waals surface area contributed by atoms with Crippen LogP contribution >= 0.6 is 15.9 Å². The number of hydrogen-bond donors (Lipinski definition) is 3. The molecule has 0 bridgehead atoms. The molecule has 0 aliphatic rings. The molecule has 3 aromatic rings. The first-order valence-electron chi connectivity index (χ1n) is 8.27. The van der Waals surface area contributed by atoms with E-state index < -0.39 is 10.0 Å².